The van der Waals surface area contributed by atoms with Crippen molar-refractivity contribution in [2.45, 2.75) is 45.8 Å². The third-order valence-corrected chi connectivity index (χ3v) is 6.97. The minimum Gasteiger partial charge on any atom is -0.384 e. The molecule has 1 saturated heterocycles. The lowest BCUT2D eigenvalue weighted by Gasteiger charge is -2.34. The molecule has 2 N–H and O–H groups in total. The van der Waals surface area contributed by atoms with Crippen LogP contribution in [0.25, 0.3) is 16.9 Å². The summed E-state index contributed by atoms with van der Waals surface area (Å²) in [5.74, 6) is 0.916. The second kappa shape index (κ2) is 10.5. The molecule has 1 fully saturated rings. The van der Waals surface area contributed by atoms with Crippen LogP contribution in [0, 0.1) is 0 Å². The molecule has 0 atom stereocenters. The molecule has 0 spiro atoms. The lowest BCUT2D eigenvalue weighted by molar-refractivity contribution is 0.0738. The molecule has 1 aliphatic heterocycles. The minimum atomic E-state index is -1.12. The van der Waals surface area contributed by atoms with Crippen LogP contribution in [-0.4, -0.2) is 67.5 Å². The molecule has 0 amide bonds. The highest BCUT2D eigenvalue weighted by atomic mass is 16.3. The number of likely N-dealkylation sites (N-methyl/N-ethyl adjacent to an activating group) is 1. The Morgan fingerprint density at radius 2 is 1.76 bits per heavy atom. The van der Waals surface area contributed by atoms with Gasteiger partial charge < -0.3 is 20.2 Å². The van der Waals surface area contributed by atoms with Crippen molar-refractivity contribution in [3.8, 4) is 5.82 Å². The fourth-order valence-corrected chi connectivity index (χ4v) is 4.66. The zero-order chi connectivity index (χ0) is 26.9. The Hall–Kier alpha value is -3.76. The topological polar surface area (TPSA) is 104 Å². The van der Waals surface area contributed by atoms with E-state index in [1.807, 2.05) is 24.3 Å². The van der Waals surface area contributed by atoms with Crippen LogP contribution in [-0.2, 0) is 12.1 Å². The van der Waals surface area contributed by atoms with Crippen LogP contribution in [0.1, 0.15) is 39.3 Å². The summed E-state index contributed by atoms with van der Waals surface area (Å²) < 4.78 is 3.40. The molecule has 3 aromatic heterocycles. The number of piperazine rings is 1. The van der Waals surface area contributed by atoms with Crippen LogP contribution in [0.15, 0.2) is 53.5 Å². The van der Waals surface area contributed by atoms with E-state index in [0.717, 1.165) is 44.7 Å². The molecule has 10 nitrogen and oxygen atoms in total. The Labute approximate surface area is 222 Å². The van der Waals surface area contributed by atoms with Crippen LogP contribution >= 0.6 is 0 Å². The molecule has 4 heterocycles. The second-order valence-electron chi connectivity index (χ2n) is 10.4. The van der Waals surface area contributed by atoms with E-state index in [1.165, 1.54) is 5.69 Å². The van der Waals surface area contributed by atoms with E-state index in [4.69, 9.17) is 4.98 Å². The van der Waals surface area contributed by atoms with E-state index >= 15 is 0 Å². The zero-order valence-corrected chi connectivity index (χ0v) is 22.6. The maximum Gasteiger partial charge on any atom is 0.278 e. The highest BCUT2D eigenvalue weighted by molar-refractivity contribution is 5.77. The summed E-state index contributed by atoms with van der Waals surface area (Å²) >= 11 is 0. The Balaban J connectivity index is 1.50. The van der Waals surface area contributed by atoms with Gasteiger partial charge in [0.15, 0.2) is 11.5 Å². The molecule has 0 unspecified atom stereocenters. The van der Waals surface area contributed by atoms with Crippen molar-refractivity contribution in [3.05, 3.63) is 64.7 Å². The van der Waals surface area contributed by atoms with Gasteiger partial charge in [-0.1, -0.05) is 19.4 Å². The van der Waals surface area contributed by atoms with Gasteiger partial charge in [0.25, 0.3) is 5.56 Å². The number of hydrogen-bond donors (Lipinski definition) is 2. The quantitative estimate of drug-likeness (QED) is 0.367. The van der Waals surface area contributed by atoms with Crippen molar-refractivity contribution >= 4 is 28.4 Å². The van der Waals surface area contributed by atoms with Gasteiger partial charge in [0, 0.05) is 50.3 Å². The molecule has 200 valence electrons. The fourth-order valence-electron chi connectivity index (χ4n) is 4.66. The van der Waals surface area contributed by atoms with Crippen molar-refractivity contribution in [2.75, 3.05) is 43.4 Å². The number of anilines is 3. The molecule has 0 bridgehead atoms. The molecule has 0 saturated carbocycles. The van der Waals surface area contributed by atoms with Crippen molar-refractivity contribution in [1.82, 2.24) is 29.2 Å². The number of aromatic nitrogens is 5. The van der Waals surface area contributed by atoms with Crippen molar-refractivity contribution in [3.63, 3.8) is 0 Å². The van der Waals surface area contributed by atoms with Crippen molar-refractivity contribution < 1.29 is 5.11 Å². The van der Waals surface area contributed by atoms with Gasteiger partial charge in [-0.2, -0.15) is 4.98 Å². The van der Waals surface area contributed by atoms with Crippen LogP contribution < -0.4 is 15.8 Å². The normalized spacial score (nSPS) is 14.8. The monoisotopic (exact) mass is 516 g/mol. The summed E-state index contributed by atoms with van der Waals surface area (Å²) in [6, 6.07) is 13.7. The van der Waals surface area contributed by atoms with Crippen molar-refractivity contribution in [2.24, 2.45) is 0 Å². The molecule has 4 aromatic rings. The Morgan fingerprint density at radius 3 is 2.45 bits per heavy atom. The van der Waals surface area contributed by atoms with Gasteiger partial charge in [0.2, 0.25) is 5.95 Å². The number of hydrogen-bond acceptors (Lipinski definition) is 8. The maximum absolute atomic E-state index is 13.3. The lowest BCUT2D eigenvalue weighted by Crippen LogP contribution is -2.44. The number of pyridine rings is 1. The molecule has 0 aliphatic carbocycles. The molecule has 1 aromatic carbocycles. The van der Waals surface area contributed by atoms with Gasteiger partial charge in [-0.25, -0.2) is 19.3 Å². The first kappa shape index (κ1) is 25.9. The molecular weight excluding hydrogens is 480 g/mol. The van der Waals surface area contributed by atoms with Crippen LogP contribution in [0.5, 0.6) is 0 Å². The van der Waals surface area contributed by atoms with E-state index in [9.17, 15) is 9.90 Å². The fraction of sp³-hybridized carbons (Fsp3) is 0.429. The van der Waals surface area contributed by atoms with Crippen LogP contribution in [0.2, 0.25) is 0 Å². The number of nitrogens with one attached hydrogen (secondary N) is 1. The molecule has 0 radical (unpaired) electrons. The van der Waals surface area contributed by atoms with E-state index in [1.54, 1.807) is 35.5 Å². The standard InChI is InChI=1S/C28H36N8O2/c1-5-6-14-35-26(37)22-19-29-27(30-20-10-12-21(13-11-20)34-17-15-33(4)16-18-34)32-25(22)36(35)24-9-7-8-23(31-24)28(2,3)38/h7-13,19,38H,5-6,14-18H2,1-4H3,(H,29,30,32). The van der Waals surface area contributed by atoms with E-state index in [-0.39, 0.29) is 5.56 Å². The van der Waals surface area contributed by atoms with E-state index in [0.29, 0.717) is 35.0 Å². The first-order valence-electron chi connectivity index (χ1n) is 13.2. The lowest BCUT2D eigenvalue weighted by atomic mass is 10.1. The number of rotatable bonds is 8. The third-order valence-electron chi connectivity index (χ3n) is 6.97. The predicted octanol–water partition coefficient (Wildman–Crippen LogP) is 3.50. The Bertz CT molecular complexity index is 1460. The van der Waals surface area contributed by atoms with Gasteiger partial charge in [-0.3, -0.25) is 4.79 Å². The number of unbranched alkanes of at least 4 members (excludes halogenated alkanes) is 1. The van der Waals surface area contributed by atoms with Crippen LogP contribution in [0.4, 0.5) is 17.3 Å². The van der Waals surface area contributed by atoms with E-state index < -0.39 is 5.60 Å². The van der Waals surface area contributed by atoms with Gasteiger partial charge in [0.05, 0.1) is 5.69 Å². The highest BCUT2D eigenvalue weighted by Gasteiger charge is 2.22. The first-order chi connectivity index (χ1) is 18.2. The summed E-state index contributed by atoms with van der Waals surface area (Å²) in [5.41, 5.74) is 1.76. The average Bonchev–Trinajstić information content (AvgIpc) is 3.18. The van der Waals surface area contributed by atoms with Gasteiger partial charge in [-0.05, 0) is 63.7 Å². The zero-order valence-electron chi connectivity index (χ0n) is 22.6. The summed E-state index contributed by atoms with van der Waals surface area (Å²) in [4.78, 5) is 31.9. The Kier molecular flexibility index (Phi) is 7.18. The SMILES string of the molecule is CCCCn1c(=O)c2cnc(Nc3ccc(N4CCN(C)CC4)cc3)nc2n1-c1cccc(C(C)(C)O)n1. The van der Waals surface area contributed by atoms with Gasteiger partial charge in [-0.15, -0.1) is 0 Å². The third kappa shape index (κ3) is 5.27. The summed E-state index contributed by atoms with van der Waals surface area (Å²) in [6.07, 6.45) is 3.34. The number of aliphatic hydroxyl groups is 1. The maximum atomic E-state index is 13.3. The van der Waals surface area contributed by atoms with Crippen LogP contribution in [0.3, 0.4) is 0 Å². The smallest absolute Gasteiger partial charge is 0.278 e. The number of benzene rings is 1. The predicted molar refractivity (Wildman–Crippen MR) is 151 cm³/mol. The highest BCUT2D eigenvalue weighted by Crippen LogP contribution is 2.24. The summed E-state index contributed by atoms with van der Waals surface area (Å²) in [6.45, 7) is 10.1. The Morgan fingerprint density at radius 1 is 1.03 bits per heavy atom. The van der Waals surface area contributed by atoms with Gasteiger partial charge in [0.1, 0.15) is 11.0 Å². The molecule has 1 aliphatic rings. The van der Waals surface area contributed by atoms with Gasteiger partial charge >= 0.3 is 0 Å². The average molecular weight is 517 g/mol. The second-order valence-corrected chi connectivity index (χ2v) is 10.4. The van der Waals surface area contributed by atoms with E-state index in [2.05, 4.69) is 51.2 Å². The van der Waals surface area contributed by atoms with Crippen molar-refractivity contribution in [1.29, 1.82) is 0 Å². The molecule has 5 rings (SSSR count). The first-order valence-corrected chi connectivity index (χ1v) is 13.2. The molecule has 38 heavy (non-hydrogen) atoms. The number of nitrogens with zero attached hydrogens (tertiary/aromatic N) is 7. The largest absolute Gasteiger partial charge is 0.384 e. The summed E-state index contributed by atoms with van der Waals surface area (Å²) in [7, 11) is 2.15. The minimum absolute atomic E-state index is 0.160. The summed E-state index contributed by atoms with van der Waals surface area (Å²) in [5, 5.41) is 14.2. The molecular formula is C28H36N8O2. The molecule has 10 heteroatoms. The number of fused-ring (bicyclic) bond motifs is 1.